The van der Waals surface area contributed by atoms with E-state index in [0.717, 1.165) is 47.1 Å². The predicted octanol–water partition coefficient (Wildman–Crippen LogP) is 2.91. The van der Waals surface area contributed by atoms with E-state index in [9.17, 15) is 33.6 Å². The van der Waals surface area contributed by atoms with Gasteiger partial charge in [-0.05, 0) is 56.2 Å². The molecule has 0 aromatic heterocycles. The minimum atomic E-state index is -1.90. The summed E-state index contributed by atoms with van der Waals surface area (Å²) in [7, 11) is 1.46. The Morgan fingerprint density at radius 1 is 0.517 bits per heavy atom. The van der Waals surface area contributed by atoms with Crippen molar-refractivity contribution < 1.29 is 90.4 Å². The fourth-order valence-electron chi connectivity index (χ4n) is 6.85. The number of carbonyl (C=O) groups excluding carboxylic acids is 7. The third-order valence-corrected chi connectivity index (χ3v) is 9.02. The standard InChI is InChI=1S/C41H50O19/c1-19-15-20(2)32(21(3)16-19)39(48)59-38-35(54-26(8)46)33(52-24(6)44)30(17-50-22(4)42)58-41(38)60-36-34(53-25(7)45)31(18-51-23(5)43)57-40(37(36)55-27(9)47)56-29-13-11-28(49-10)12-14-29/h11-16,30-31,33-38,40-41H,17-18H2,1-10H3/t30-,31-,33+,34+,35+,36+,37-,38-,40-,41+/m1/s1. The molecular formula is C41H50O19. The molecule has 0 spiro atoms. The lowest BCUT2D eigenvalue weighted by molar-refractivity contribution is -0.353. The number of hydrogen-bond acceptors (Lipinski definition) is 19. The van der Waals surface area contributed by atoms with E-state index in [1.54, 1.807) is 38.1 Å². The van der Waals surface area contributed by atoms with Crippen LogP contribution in [0.15, 0.2) is 36.4 Å². The van der Waals surface area contributed by atoms with Crippen LogP contribution in [0.3, 0.4) is 0 Å². The molecule has 10 atom stereocenters. The van der Waals surface area contributed by atoms with Crippen molar-refractivity contribution in [2.45, 2.75) is 124 Å². The second-order valence-corrected chi connectivity index (χ2v) is 14.0. The fourth-order valence-corrected chi connectivity index (χ4v) is 6.85. The average Bonchev–Trinajstić information content (AvgIpc) is 3.13. The molecule has 0 unspecified atom stereocenters. The molecule has 0 aliphatic carbocycles. The Balaban J connectivity index is 1.93. The number of hydrogen-bond donors (Lipinski definition) is 0. The quantitative estimate of drug-likeness (QED) is 0.185. The lowest BCUT2D eigenvalue weighted by atomic mass is 9.95. The minimum absolute atomic E-state index is 0.142. The van der Waals surface area contributed by atoms with Crippen molar-refractivity contribution in [1.29, 1.82) is 0 Å². The summed E-state index contributed by atoms with van der Waals surface area (Å²) in [4.78, 5) is 89.1. The molecule has 0 N–H and O–H groups in total. The second-order valence-electron chi connectivity index (χ2n) is 14.0. The lowest BCUT2D eigenvalue weighted by Crippen LogP contribution is -2.67. The van der Waals surface area contributed by atoms with Crippen LogP contribution in [0.2, 0.25) is 0 Å². The maximum Gasteiger partial charge on any atom is 0.339 e. The summed E-state index contributed by atoms with van der Waals surface area (Å²) < 4.78 is 69.8. The van der Waals surface area contributed by atoms with E-state index in [1.165, 1.54) is 19.2 Å². The summed E-state index contributed by atoms with van der Waals surface area (Å²) >= 11 is 0. The average molecular weight is 847 g/mol. The summed E-state index contributed by atoms with van der Waals surface area (Å²) in [6.07, 6.45) is -16.3. The smallest absolute Gasteiger partial charge is 0.339 e. The van der Waals surface area contributed by atoms with Crippen molar-refractivity contribution in [2.75, 3.05) is 20.3 Å². The number of rotatable bonds is 15. The van der Waals surface area contributed by atoms with Crippen molar-refractivity contribution in [3.63, 3.8) is 0 Å². The molecule has 0 amide bonds. The molecule has 2 saturated heterocycles. The predicted molar refractivity (Wildman–Crippen MR) is 201 cm³/mol. The molecule has 328 valence electrons. The van der Waals surface area contributed by atoms with E-state index in [0.29, 0.717) is 16.9 Å². The molecule has 4 rings (SSSR count). The molecule has 19 heteroatoms. The molecule has 2 aromatic carbocycles. The summed E-state index contributed by atoms with van der Waals surface area (Å²) in [6.45, 7) is 10.6. The van der Waals surface area contributed by atoms with Crippen LogP contribution < -0.4 is 9.47 Å². The number of ether oxygens (including phenoxy) is 12. The van der Waals surface area contributed by atoms with Crippen LogP contribution in [-0.2, 0) is 76.1 Å². The molecule has 2 fully saturated rings. The van der Waals surface area contributed by atoms with Gasteiger partial charge >= 0.3 is 41.8 Å². The van der Waals surface area contributed by atoms with Crippen molar-refractivity contribution in [2.24, 2.45) is 0 Å². The monoisotopic (exact) mass is 846 g/mol. The van der Waals surface area contributed by atoms with Gasteiger partial charge in [0.2, 0.25) is 6.29 Å². The Morgan fingerprint density at radius 3 is 1.40 bits per heavy atom. The highest BCUT2D eigenvalue weighted by Crippen LogP contribution is 2.37. The molecule has 2 heterocycles. The Bertz CT molecular complexity index is 1870. The van der Waals surface area contributed by atoms with Crippen molar-refractivity contribution in [1.82, 2.24) is 0 Å². The van der Waals surface area contributed by atoms with E-state index in [1.807, 2.05) is 6.92 Å². The van der Waals surface area contributed by atoms with E-state index < -0.39 is 116 Å². The Hall–Kier alpha value is -5.79. The van der Waals surface area contributed by atoms with Crippen LogP contribution in [0.1, 0.15) is 68.6 Å². The van der Waals surface area contributed by atoms with Gasteiger partial charge in [-0.3, -0.25) is 28.8 Å². The van der Waals surface area contributed by atoms with Crippen LogP contribution in [0.4, 0.5) is 0 Å². The van der Waals surface area contributed by atoms with Crippen LogP contribution >= 0.6 is 0 Å². The summed E-state index contributed by atoms with van der Waals surface area (Å²) in [5.74, 6) is -5.30. The van der Waals surface area contributed by atoms with Crippen LogP contribution in [0, 0.1) is 20.8 Å². The van der Waals surface area contributed by atoms with Gasteiger partial charge in [-0.2, -0.15) is 0 Å². The SMILES string of the molecule is COc1ccc(O[C@@H]2O[C@H](COC(C)=O)[C@H](OC(C)=O)[C@H](O[C@@H]3O[C@H](COC(C)=O)[C@H](OC(C)=O)[C@H](OC(C)=O)[C@H]3OC(=O)c3c(C)cc(C)cc3C)[C@H]2OC(C)=O)cc1. The number of methoxy groups -OCH3 is 1. The van der Waals surface area contributed by atoms with Crippen molar-refractivity contribution in [3.05, 3.63) is 58.7 Å². The highest BCUT2D eigenvalue weighted by Gasteiger charge is 2.58. The van der Waals surface area contributed by atoms with Gasteiger partial charge in [-0.15, -0.1) is 0 Å². The van der Waals surface area contributed by atoms with Crippen LogP contribution in [0.25, 0.3) is 0 Å². The molecule has 2 aliphatic heterocycles. The van der Waals surface area contributed by atoms with Crippen LogP contribution in [-0.4, -0.2) is 124 Å². The largest absolute Gasteiger partial charge is 0.497 e. The highest BCUT2D eigenvalue weighted by molar-refractivity contribution is 5.93. The molecule has 0 bridgehead atoms. The van der Waals surface area contributed by atoms with E-state index in [2.05, 4.69) is 0 Å². The topological polar surface area (TPSA) is 230 Å². The first-order valence-electron chi connectivity index (χ1n) is 18.8. The van der Waals surface area contributed by atoms with Gasteiger partial charge in [-0.25, -0.2) is 4.79 Å². The fraction of sp³-hybridized carbons (Fsp3) is 0.537. The normalized spacial score (nSPS) is 26.0. The van der Waals surface area contributed by atoms with Crippen molar-refractivity contribution >= 4 is 41.8 Å². The molecule has 60 heavy (non-hydrogen) atoms. The summed E-state index contributed by atoms with van der Waals surface area (Å²) in [6, 6.07) is 9.70. The first-order chi connectivity index (χ1) is 28.3. The number of carbonyl (C=O) groups is 7. The third-order valence-electron chi connectivity index (χ3n) is 9.02. The van der Waals surface area contributed by atoms with E-state index in [-0.39, 0.29) is 11.3 Å². The van der Waals surface area contributed by atoms with E-state index >= 15 is 0 Å². The van der Waals surface area contributed by atoms with Gasteiger partial charge in [0, 0.05) is 41.5 Å². The first-order valence-corrected chi connectivity index (χ1v) is 18.8. The zero-order chi connectivity index (χ0) is 44.4. The molecule has 2 aliphatic rings. The van der Waals surface area contributed by atoms with E-state index in [4.69, 9.17) is 56.8 Å². The van der Waals surface area contributed by atoms with Gasteiger partial charge in [0.15, 0.2) is 36.8 Å². The number of aryl methyl sites for hydroxylation is 3. The van der Waals surface area contributed by atoms with Gasteiger partial charge < -0.3 is 56.8 Å². The maximum absolute atomic E-state index is 14.2. The molecular weight excluding hydrogens is 796 g/mol. The third kappa shape index (κ3) is 12.6. The van der Waals surface area contributed by atoms with Gasteiger partial charge in [0.1, 0.15) is 43.0 Å². The Labute approximate surface area is 346 Å². The molecule has 19 nitrogen and oxygen atoms in total. The van der Waals surface area contributed by atoms with Gasteiger partial charge in [-0.1, -0.05) is 17.7 Å². The Morgan fingerprint density at radius 2 is 0.933 bits per heavy atom. The summed E-state index contributed by atoms with van der Waals surface area (Å²) in [5.41, 5.74) is 2.05. The second kappa shape index (κ2) is 20.9. The first kappa shape index (κ1) is 46.9. The highest BCUT2D eigenvalue weighted by atomic mass is 16.8. The zero-order valence-electron chi connectivity index (χ0n) is 34.9. The Kier molecular flexibility index (Phi) is 16.4. The van der Waals surface area contributed by atoms with Crippen molar-refractivity contribution in [3.8, 4) is 11.5 Å². The minimum Gasteiger partial charge on any atom is -0.497 e. The molecule has 0 saturated carbocycles. The maximum atomic E-state index is 14.2. The van der Waals surface area contributed by atoms with Crippen LogP contribution in [0.5, 0.6) is 11.5 Å². The zero-order valence-corrected chi connectivity index (χ0v) is 34.9. The molecule has 0 radical (unpaired) electrons. The summed E-state index contributed by atoms with van der Waals surface area (Å²) in [5, 5.41) is 0. The van der Waals surface area contributed by atoms with Gasteiger partial charge in [0.05, 0.1) is 12.7 Å². The number of esters is 7. The molecule has 2 aromatic rings. The number of benzene rings is 2. The van der Waals surface area contributed by atoms with Gasteiger partial charge in [0.25, 0.3) is 0 Å². The lowest BCUT2D eigenvalue weighted by Gasteiger charge is -2.48.